The predicted octanol–water partition coefficient (Wildman–Crippen LogP) is 3.66. The summed E-state index contributed by atoms with van der Waals surface area (Å²) in [5.74, 6) is 0.134. The van der Waals surface area contributed by atoms with Crippen LogP contribution in [0.1, 0.15) is 38.3 Å². The number of hydrogen-bond acceptors (Lipinski definition) is 5. The molecule has 2 N–H and O–H groups in total. The first kappa shape index (κ1) is 22.6. The second-order valence-electron chi connectivity index (χ2n) is 9.57. The van der Waals surface area contributed by atoms with E-state index in [4.69, 9.17) is 9.47 Å². The second-order valence-corrected chi connectivity index (χ2v) is 9.57. The van der Waals surface area contributed by atoms with Crippen molar-refractivity contribution in [3.05, 3.63) is 65.5 Å². The van der Waals surface area contributed by atoms with Crippen LogP contribution in [-0.2, 0) is 17.7 Å². The SMILES string of the molecule is CC(C)(C)OC(=O)N[C@@H]1C[C@@H](Oc2ccc(F)cc2)[C@H](O)[C@H]1N1CCc2ccccc2C1. The lowest BCUT2D eigenvalue weighted by molar-refractivity contribution is 0.00101. The molecule has 1 saturated carbocycles. The van der Waals surface area contributed by atoms with Gasteiger partial charge in [-0.2, -0.15) is 0 Å². The first-order valence-electron chi connectivity index (χ1n) is 11.1. The highest BCUT2D eigenvalue weighted by Gasteiger charge is 2.48. The van der Waals surface area contributed by atoms with Gasteiger partial charge >= 0.3 is 6.09 Å². The van der Waals surface area contributed by atoms with Crippen LogP contribution in [0.4, 0.5) is 9.18 Å². The first-order valence-corrected chi connectivity index (χ1v) is 11.1. The molecule has 0 saturated heterocycles. The average Bonchev–Trinajstić information content (AvgIpc) is 3.02. The molecule has 172 valence electrons. The minimum Gasteiger partial charge on any atom is -0.488 e. The Kier molecular flexibility index (Phi) is 6.40. The van der Waals surface area contributed by atoms with Crippen LogP contribution in [-0.4, -0.2) is 52.5 Å². The smallest absolute Gasteiger partial charge is 0.407 e. The normalized spacial score (nSPS) is 25.8. The van der Waals surface area contributed by atoms with Crippen molar-refractivity contribution in [1.29, 1.82) is 0 Å². The molecule has 7 heteroatoms. The van der Waals surface area contributed by atoms with Crippen LogP contribution in [0.5, 0.6) is 5.75 Å². The number of alkyl carbamates (subject to hydrolysis) is 1. The van der Waals surface area contributed by atoms with E-state index in [1.165, 1.54) is 23.3 Å². The molecule has 0 unspecified atom stereocenters. The van der Waals surface area contributed by atoms with Crippen LogP contribution in [0.3, 0.4) is 0 Å². The van der Waals surface area contributed by atoms with Crippen molar-refractivity contribution in [3.8, 4) is 5.75 Å². The third-order valence-electron chi connectivity index (χ3n) is 6.01. The lowest BCUT2D eigenvalue weighted by Crippen LogP contribution is -2.55. The Morgan fingerprint density at radius 1 is 1.12 bits per heavy atom. The molecule has 1 fully saturated rings. The summed E-state index contributed by atoms with van der Waals surface area (Å²) < 4.78 is 24.7. The van der Waals surface area contributed by atoms with E-state index in [0.717, 1.165) is 13.0 Å². The summed E-state index contributed by atoms with van der Waals surface area (Å²) in [4.78, 5) is 14.7. The number of ether oxygens (including phenoxy) is 2. The standard InChI is InChI=1S/C25H31FN2O4/c1-25(2,3)32-24(30)27-20-14-21(31-19-10-8-18(26)9-11-19)23(29)22(20)28-13-12-16-6-4-5-7-17(16)15-28/h4-11,20-23,29H,12-15H2,1-3H3,(H,27,30)/t20-,21-,22+,23+/m1/s1. The summed E-state index contributed by atoms with van der Waals surface area (Å²) in [6, 6.07) is 13.4. The van der Waals surface area contributed by atoms with Gasteiger partial charge in [-0.25, -0.2) is 9.18 Å². The van der Waals surface area contributed by atoms with E-state index in [0.29, 0.717) is 18.7 Å². The average molecular weight is 443 g/mol. The summed E-state index contributed by atoms with van der Waals surface area (Å²) in [5.41, 5.74) is 1.92. The Balaban J connectivity index is 1.54. The van der Waals surface area contributed by atoms with Gasteiger partial charge in [0.2, 0.25) is 0 Å². The molecule has 1 heterocycles. The molecular weight excluding hydrogens is 411 g/mol. The van der Waals surface area contributed by atoms with E-state index < -0.39 is 23.9 Å². The van der Waals surface area contributed by atoms with Crippen molar-refractivity contribution < 1.29 is 23.8 Å². The van der Waals surface area contributed by atoms with E-state index in [9.17, 15) is 14.3 Å². The van der Waals surface area contributed by atoms with Gasteiger partial charge in [0, 0.05) is 19.5 Å². The number of carbonyl (C=O) groups is 1. The number of amides is 1. The Bertz CT molecular complexity index is 944. The number of carbonyl (C=O) groups excluding carboxylic acids is 1. The molecule has 2 aromatic rings. The third-order valence-corrected chi connectivity index (χ3v) is 6.01. The number of fused-ring (bicyclic) bond motifs is 1. The zero-order valence-electron chi connectivity index (χ0n) is 18.8. The van der Waals surface area contributed by atoms with Crippen molar-refractivity contribution >= 4 is 6.09 Å². The van der Waals surface area contributed by atoms with Crippen molar-refractivity contribution in [2.45, 2.75) is 70.1 Å². The van der Waals surface area contributed by atoms with E-state index in [-0.39, 0.29) is 17.9 Å². The van der Waals surface area contributed by atoms with Gasteiger partial charge in [-0.15, -0.1) is 0 Å². The summed E-state index contributed by atoms with van der Waals surface area (Å²) in [7, 11) is 0. The van der Waals surface area contributed by atoms with Crippen LogP contribution in [0.15, 0.2) is 48.5 Å². The Labute approximate surface area is 188 Å². The molecule has 2 aliphatic rings. The molecule has 1 aliphatic heterocycles. The number of benzene rings is 2. The largest absolute Gasteiger partial charge is 0.488 e. The molecule has 0 bridgehead atoms. The first-order chi connectivity index (χ1) is 15.2. The van der Waals surface area contributed by atoms with Crippen LogP contribution in [0.25, 0.3) is 0 Å². The van der Waals surface area contributed by atoms with Gasteiger partial charge in [-0.1, -0.05) is 24.3 Å². The molecule has 1 aliphatic carbocycles. The quantitative estimate of drug-likeness (QED) is 0.756. The van der Waals surface area contributed by atoms with Crippen LogP contribution < -0.4 is 10.1 Å². The number of nitrogens with one attached hydrogen (secondary N) is 1. The highest BCUT2D eigenvalue weighted by atomic mass is 19.1. The lowest BCUT2D eigenvalue weighted by Gasteiger charge is -2.38. The predicted molar refractivity (Wildman–Crippen MR) is 119 cm³/mol. The van der Waals surface area contributed by atoms with E-state index in [1.54, 1.807) is 12.1 Å². The topological polar surface area (TPSA) is 71.0 Å². The van der Waals surface area contributed by atoms with Gasteiger partial charge in [0.15, 0.2) is 0 Å². The zero-order chi connectivity index (χ0) is 22.9. The molecule has 1 amide bonds. The van der Waals surface area contributed by atoms with Gasteiger partial charge in [-0.05, 0) is 62.6 Å². The second kappa shape index (κ2) is 9.08. The minimum atomic E-state index is -0.828. The highest BCUT2D eigenvalue weighted by molar-refractivity contribution is 5.68. The van der Waals surface area contributed by atoms with Crippen molar-refractivity contribution in [2.24, 2.45) is 0 Å². The number of hydrogen-bond donors (Lipinski definition) is 2. The number of nitrogens with zero attached hydrogens (tertiary/aromatic N) is 1. The number of rotatable bonds is 4. The summed E-state index contributed by atoms with van der Waals surface area (Å²) in [5, 5.41) is 14.2. The lowest BCUT2D eigenvalue weighted by atomic mass is 9.97. The maximum atomic E-state index is 13.3. The molecule has 0 radical (unpaired) electrons. The van der Waals surface area contributed by atoms with Crippen LogP contribution in [0, 0.1) is 5.82 Å². The molecule has 0 aromatic heterocycles. The summed E-state index contributed by atoms with van der Waals surface area (Å²) in [6.07, 6.45) is -0.588. The Morgan fingerprint density at radius 2 is 1.81 bits per heavy atom. The van der Waals surface area contributed by atoms with E-state index in [2.05, 4.69) is 22.3 Å². The number of halogens is 1. The summed E-state index contributed by atoms with van der Waals surface area (Å²) in [6.45, 7) is 6.91. The van der Waals surface area contributed by atoms with Gasteiger partial charge in [0.25, 0.3) is 0 Å². The zero-order valence-corrected chi connectivity index (χ0v) is 18.8. The van der Waals surface area contributed by atoms with Crippen molar-refractivity contribution in [1.82, 2.24) is 10.2 Å². The molecule has 4 rings (SSSR count). The molecule has 32 heavy (non-hydrogen) atoms. The number of aliphatic hydroxyl groups is 1. The Hall–Kier alpha value is -2.64. The van der Waals surface area contributed by atoms with Gasteiger partial charge < -0.3 is 19.9 Å². The summed E-state index contributed by atoms with van der Waals surface area (Å²) >= 11 is 0. The molecule has 0 spiro atoms. The fourth-order valence-corrected chi connectivity index (χ4v) is 4.64. The fourth-order valence-electron chi connectivity index (χ4n) is 4.64. The van der Waals surface area contributed by atoms with Gasteiger partial charge in [0.1, 0.15) is 29.4 Å². The van der Waals surface area contributed by atoms with Gasteiger partial charge in [0.05, 0.1) is 12.1 Å². The van der Waals surface area contributed by atoms with Gasteiger partial charge in [-0.3, -0.25) is 4.90 Å². The van der Waals surface area contributed by atoms with E-state index >= 15 is 0 Å². The Morgan fingerprint density at radius 3 is 2.50 bits per heavy atom. The minimum absolute atomic E-state index is 0.332. The molecular formula is C25H31FN2O4. The molecule has 4 atom stereocenters. The van der Waals surface area contributed by atoms with Crippen molar-refractivity contribution in [2.75, 3.05) is 6.54 Å². The fraction of sp³-hybridized carbons (Fsp3) is 0.480. The number of aliphatic hydroxyl groups excluding tert-OH is 1. The maximum Gasteiger partial charge on any atom is 0.407 e. The van der Waals surface area contributed by atoms with Crippen LogP contribution in [0.2, 0.25) is 0 Å². The van der Waals surface area contributed by atoms with E-state index in [1.807, 2.05) is 32.9 Å². The highest BCUT2D eigenvalue weighted by Crippen LogP contribution is 2.32. The van der Waals surface area contributed by atoms with Crippen molar-refractivity contribution in [3.63, 3.8) is 0 Å². The van der Waals surface area contributed by atoms with Crippen LogP contribution >= 0.6 is 0 Å². The third kappa shape index (κ3) is 5.22. The monoisotopic (exact) mass is 442 g/mol. The molecule has 6 nitrogen and oxygen atoms in total. The maximum absolute atomic E-state index is 13.3. The molecule has 2 aromatic carbocycles.